The van der Waals surface area contributed by atoms with Crippen LogP contribution in [-0.4, -0.2) is 89.0 Å². The normalized spacial score (nSPS) is 27.0. The highest BCUT2D eigenvalue weighted by atomic mass is 16.7. The monoisotopic (exact) mass is 450 g/mol. The molecule has 0 aromatic rings. The molecule has 10 nitrogen and oxygen atoms in total. The lowest BCUT2D eigenvalue weighted by molar-refractivity contribution is -0.305. The van der Waals surface area contributed by atoms with E-state index in [-0.39, 0.29) is 26.1 Å². The average molecular weight is 451 g/mol. The van der Waals surface area contributed by atoms with Crippen molar-refractivity contribution >= 4 is 11.9 Å². The Kier molecular flexibility index (Phi) is 13.9. The molecule has 1 fully saturated rings. The molecular formula is C21H38O10. The molecule has 0 aliphatic carbocycles. The van der Waals surface area contributed by atoms with Gasteiger partial charge in [0.1, 0.15) is 31.0 Å². The number of esters is 2. The third-order valence-electron chi connectivity index (χ3n) is 4.99. The van der Waals surface area contributed by atoms with E-state index in [4.69, 9.17) is 18.9 Å². The summed E-state index contributed by atoms with van der Waals surface area (Å²) < 4.78 is 21.3. The van der Waals surface area contributed by atoms with Gasteiger partial charge in [-0.05, 0) is 12.8 Å². The SMILES string of the molecule is CCCCCCC(=O)OC(COC(=O)CCCC)COC1OC(CO)C(O)C(O)C1O. The van der Waals surface area contributed by atoms with E-state index in [0.717, 1.165) is 25.7 Å². The Balaban J connectivity index is 2.62. The average Bonchev–Trinajstić information content (AvgIpc) is 2.76. The van der Waals surface area contributed by atoms with Gasteiger partial charge in [-0.25, -0.2) is 0 Å². The summed E-state index contributed by atoms with van der Waals surface area (Å²) in [5.74, 6) is -0.873. The molecular weight excluding hydrogens is 412 g/mol. The predicted molar refractivity (Wildman–Crippen MR) is 109 cm³/mol. The van der Waals surface area contributed by atoms with Crippen LogP contribution in [-0.2, 0) is 28.5 Å². The van der Waals surface area contributed by atoms with Crippen molar-refractivity contribution in [1.82, 2.24) is 0 Å². The van der Waals surface area contributed by atoms with E-state index >= 15 is 0 Å². The summed E-state index contributed by atoms with van der Waals surface area (Å²) in [6, 6.07) is 0. The minimum absolute atomic E-state index is 0.222. The maximum absolute atomic E-state index is 12.1. The fourth-order valence-corrected chi connectivity index (χ4v) is 3.04. The molecule has 0 spiro atoms. The van der Waals surface area contributed by atoms with Gasteiger partial charge >= 0.3 is 11.9 Å². The van der Waals surface area contributed by atoms with Crippen LogP contribution < -0.4 is 0 Å². The van der Waals surface area contributed by atoms with Crippen LogP contribution in [0.3, 0.4) is 0 Å². The molecule has 6 unspecified atom stereocenters. The molecule has 4 N–H and O–H groups in total. The fourth-order valence-electron chi connectivity index (χ4n) is 3.04. The molecule has 1 rings (SSSR count). The molecule has 182 valence electrons. The van der Waals surface area contributed by atoms with Crippen molar-refractivity contribution in [1.29, 1.82) is 0 Å². The highest BCUT2D eigenvalue weighted by molar-refractivity contribution is 5.70. The molecule has 1 heterocycles. The van der Waals surface area contributed by atoms with E-state index in [9.17, 15) is 30.0 Å². The van der Waals surface area contributed by atoms with Crippen molar-refractivity contribution in [2.75, 3.05) is 19.8 Å². The third-order valence-corrected chi connectivity index (χ3v) is 4.99. The number of aliphatic hydroxyl groups is 4. The number of aliphatic hydroxyl groups excluding tert-OH is 4. The van der Waals surface area contributed by atoms with Crippen molar-refractivity contribution in [3.05, 3.63) is 0 Å². The van der Waals surface area contributed by atoms with Crippen LogP contribution in [0.5, 0.6) is 0 Å². The van der Waals surface area contributed by atoms with Gasteiger partial charge in [0.25, 0.3) is 0 Å². The lowest BCUT2D eigenvalue weighted by Gasteiger charge is -2.39. The lowest BCUT2D eigenvalue weighted by atomic mass is 9.99. The minimum Gasteiger partial charge on any atom is -0.462 e. The van der Waals surface area contributed by atoms with Gasteiger partial charge in [0, 0.05) is 12.8 Å². The van der Waals surface area contributed by atoms with Gasteiger partial charge in [0.2, 0.25) is 0 Å². The van der Waals surface area contributed by atoms with E-state index in [1.807, 2.05) is 6.92 Å². The number of carbonyl (C=O) groups excluding carboxylic acids is 2. The van der Waals surface area contributed by atoms with Gasteiger partial charge in [-0.2, -0.15) is 0 Å². The Labute approximate surface area is 183 Å². The van der Waals surface area contributed by atoms with Crippen LogP contribution in [0.2, 0.25) is 0 Å². The van der Waals surface area contributed by atoms with Crippen LogP contribution in [0.1, 0.15) is 65.2 Å². The van der Waals surface area contributed by atoms with Crippen molar-refractivity contribution in [3.8, 4) is 0 Å². The molecule has 1 aliphatic heterocycles. The first-order valence-corrected chi connectivity index (χ1v) is 11.1. The molecule has 10 heteroatoms. The summed E-state index contributed by atoms with van der Waals surface area (Å²) in [6.45, 7) is 2.93. The van der Waals surface area contributed by atoms with E-state index in [1.165, 1.54) is 0 Å². The molecule has 0 bridgehead atoms. The number of ether oxygens (including phenoxy) is 4. The molecule has 31 heavy (non-hydrogen) atoms. The van der Waals surface area contributed by atoms with Crippen molar-refractivity contribution in [3.63, 3.8) is 0 Å². The zero-order chi connectivity index (χ0) is 23.2. The Bertz CT molecular complexity index is 512. The van der Waals surface area contributed by atoms with Gasteiger partial charge in [-0.1, -0.05) is 39.5 Å². The van der Waals surface area contributed by atoms with Crippen molar-refractivity contribution in [2.24, 2.45) is 0 Å². The van der Waals surface area contributed by atoms with Crippen molar-refractivity contribution < 1.29 is 49.0 Å². The Morgan fingerprint density at radius 3 is 2.19 bits per heavy atom. The molecule has 0 aromatic heterocycles. The summed E-state index contributed by atoms with van der Waals surface area (Å²) in [5, 5.41) is 39.0. The molecule has 0 saturated carbocycles. The maximum atomic E-state index is 12.1. The van der Waals surface area contributed by atoms with Gasteiger partial charge in [0.05, 0.1) is 13.2 Å². The van der Waals surface area contributed by atoms with Crippen LogP contribution in [0.4, 0.5) is 0 Å². The molecule has 0 radical (unpaired) electrons. The first kappa shape index (κ1) is 27.7. The van der Waals surface area contributed by atoms with Crippen molar-refractivity contribution in [2.45, 2.75) is 102 Å². The Hall–Kier alpha value is -1.30. The second kappa shape index (κ2) is 15.5. The number of hydrogen-bond acceptors (Lipinski definition) is 10. The lowest BCUT2D eigenvalue weighted by Crippen LogP contribution is -2.59. The zero-order valence-electron chi connectivity index (χ0n) is 18.5. The fraction of sp³-hybridized carbons (Fsp3) is 0.905. The second-order valence-corrected chi connectivity index (χ2v) is 7.74. The standard InChI is InChI=1S/C21H38O10/c1-3-5-7-8-10-17(24)30-14(12-28-16(23)9-6-4-2)13-29-21-20(27)19(26)18(25)15(11-22)31-21/h14-15,18-22,25-27H,3-13H2,1-2H3. The summed E-state index contributed by atoms with van der Waals surface area (Å²) in [4.78, 5) is 23.9. The smallest absolute Gasteiger partial charge is 0.306 e. The van der Waals surface area contributed by atoms with Gasteiger partial charge in [-0.15, -0.1) is 0 Å². The summed E-state index contributed by atoms with van der Waals surface area (Å²) in [6.07, 6.45) is -2.43. The summed E-state index contributed by atoms with van der Waals surface area (Å²) >= 11 is 0. The topological polar surface area (TPSA) is 152 Å². The Morgan fingerprint density at radius 2 is 1.55 bits per heavy atom. The minimum atomic E-state index is -1.58. The first-order chi connectivity index (χ1) is 14.8. The predicted octanol–water partition coefficient (Wildman–Crippen LogP) is 0.419. The van der Waals surface area contributed by atoms with Gasteiger partial charge in [0.15, 0.2) is 12.4 Å². The quantitative estimate of drug-likeness (QED) is 0.204. The molecule has 6 atom stereocenters. The van der Waals surface area contributed by atoms with E-state index < -0.39 is 55.4 Å². The molecule has 1 saturated heterocycles. The number of unbranched alkanes of at least 4 members (excludes halogenated alkanes) is 4. The van der Waals surface area contributed by atoms with Crippen LogP contribution in [0.25, 0.3) is 0 Å². The van der Waals surface area contributed by atoms with Crippen LogP contribution >= 0.6 is 0 Å². The maximum Gasteiger partial charge on any atom is 0.306 e. The van der Waals surface area contributed by atoms with E-state index in [2.05, 4.69) is 6.92 Å². The number of hydrogen-bond donors (Lipinski definition) is 4. The van der Waals surface area contributed by atoms with Gasteiger partial charge in [-0.3, -0.25) is 9.59 Å². The molecule has 0 amide bonds. The van der Waals surface area contributed by atoms with Crippen LogP contribution in [0, 0.1) is 0 Å². The second-order valence-electron chi connectivity index (χ2n) is 7.74. The summed E-state index contributed by atoms with van der Waals surface area (Å²) in [7, 11) is 0. The number of rotatable bonds is 15. The first-order valence-electron chi connectivity index (χ1n) is 11.1. The van der Waals surface area contributed by atoms with Gasteiger partial charge < -0.3 is 39.4 Å². The van der Waals surface area contributed by atoms with E-state index in [1.54, 1.807) is 0 Å². The largest absolute Gasteiger partial charge is 0.462 e. The number of carbonyl (C=O) groups is 2. The third kappa shape index (κ3) is 10.2. The van der Waals surface area contributed by atoms with Crippen LogP contribution in [0.15, 0.2) is 0 Å². The summed E-state index contributed by atoms with van der Waals surface area (Å²) in [5.41, 5.74) is 0. The molecule has 0 aromatic carbocycles. The van der Waals surface area contributed by atoms with E-state index in [0.29, 0.717) is 12.8 Å². The Morgan fingerprint density at radius 1 is 0.871 bits per heavy atom. The highest BCUT2D eigenvalue weighted by Crippen LogP contribution is 2.22. The zero-order valence-corrected chi connectivity index (χ0v) is 18.5. The highest BCUT2D eigenvalue weighted by Gasteiger charge is 2.44. The molecule has 1 aliphatic rings.